The summed E-state index contributed by atoms with van der Waals surface area (Å²) < 4.78 is 1.83. The molecule has 2 aliphatic rings. The van der Waals surface area contributed by atoms with E-state index < -0.39 is 0 Å². The summed E-state index contributed by atoms with van der Waals surface area (Å²) in [4.78, 5) is 15.4. The van der Waals surface area contributed by atoms with E-state index in [4.69, 9.17) is 0 Å². The Morgan fingerprint density at radius 1 is 1.17 bits per heavy atom. The first kappa shape index (κ1) is 14.9. The number of Topliss-reactive ketones (excluding diaryl/α,β-unsaturated/α-hetero) is 1. The Balaban J connectivity index is 1.54. The predicted octanol–water partition coefficient (Wildman–Crippen LogP) is 3.41. The third kappa shape index (κ3) is 2.59. The van der Waals surface area contributed by atoms with Crippen LogP contribution in [0.25, 0.3) is 10.9 Å². The summed E-state index contributed by atoms with van der Waals surface area (Å²) in [6.45, 7) is 0. The number of aryl methyl sites for hydroxylation is 1. The first-order valence-electron chi connectivity index (χ1n) is 8.80. The van der Waals surface area contributed by atoms with Crippen molar-refractivity contribution in [2.24, 2.45) is 13.0 Å². The highest BCUT2D eigenvalue weighted by molar-refractivity contribution is 6.06. The molecule has 2 aromatic rings. The molecular weight excluding hydrogens is 286 g/mol. The number of ketones is 1. The molecule has 4 heteroatoms. The van der Waals surface area contributed by atoms with Crippen LogP contribution in [0.5, 0.6) is 0 Å². The van der Waals surface area contributed by atoms with E-state index in [9.17, 15) is 4.79 Å². The highest BCUT2D eigenvalue weighted by Crippen LogP contribution is 2.37. The highest BCUT2D eigenvalue weighted by atomic mass is 16.1. The zero-order valence-corrected chi connectivity index (χ0v) is 14.0. The molecule has 1 aromatic carbocycles. The lowest BCUT2D eigenvalue weighted by atomic mass is 9.77. The van der Waals surface area contributed by atoms with Crippen molar-refractivity contribution in [3.8, 4) is 0 Å². The molecule has 2 saturated heterocycles. The van der Waals surface area contributed by atoms with Crippen LogP contribution in [0.3, 0.4) is 0 Å². The lowest BCUT2D eigenvalue weighted by molar-refractivity contribution is 0.0337. The van der Waals surface area contributed by atoms with Gasteiger partial charge in [-0.15, -0.1) is 0 Å². The van der Waals surface area contributed by atoms with Crippen molar-refractivity contribution in [3.05, 3.63) is 30.0 Å². The summed E-state index contributed by atoms with van der Waals surface area (Å²) in [5.74, 6) is 0.740. The van der Waals surface area contributed by atoms with Gasteiger partial charge < -0.3 is 4.90 Å². The number of nitrogens with zero attached hydrogens (tertiary/aromatic N) is 3. The van der Waals surface area contributed by atoms with Gasteiger partial charge in [0.05, 0.1) is 5.52 Å². The monoisotopic (exact) mass is 311 g/mol. The van der Waals surface area contributed by atoms with Gasteiger partial charge in [-0.1, -0.05) is 24.6 Å². The molecule has 0 aliphatic carbocycles. The van der Waals surface area contributed by atoms with Gasteiger partial charge in [0, 0.05) is 30.9 Å². The Kier molecular flexibility index (Phi) is 3.72. The fourth-order valence-corrected chi connectivity index (χ4v) is 4.67. The molecule has 2 bridgehead atoms. The normalized spacial score (nSPS) is 28.2. The van der Waals surface area contributed by atoms with Crippen molar-refractivity contribution >= 4 is 16.7 Å². The molecule has 0 spiro atoms. The number of rotatable bonds is 3. The minimum Gasteiger partial charge on any atom is -0.300 e. The maximum Gasteiger partial charge on any atom is 0.183 e. The smallest absolute Gasteiger partial charge is 0.183 e. The van der Waals surface area contributed by atoms with Gasteiger partial charge in [0.1, 0.15) is 5.69 Å². The molecule has 1 aromatic heterocycles. The lowest BCUT2D eigenvalue weighted by Crippen LogP contribution is -2.49. The topological polar surface area (TPSA) is 38.1 Å². The Bertz CT molecular complexity index is 721. The van der Waals surface area contributed by atoms with Crippen molar-refractivity contribution in [1.82, 2.24) is 14.7 Å². The number of carbonyl (C=O) groups excluding carboxylic acids is 1. The molecule has 23 heavy (non-hydrogen) atoms. The highest BCUT2D eigenvalue weighted by Gasteiger charge is 2.36. The summed E-state index contributed by atoms with van der Waals surface area (Å²) in [7, 11) is 4.18. The summed E-state index contributed by atoms with van der Waals surface area (Å²) in [5, 5.41) is 5.49. The maximum atomic E-state index is 12.9. The number of benzene rings is 1. The van der Waals surface area contributed by atoms with Crippen molar-refractivity contribution in [2.75, 3.05) is 7.05 Å². The SMILES string of the molecule is CN1[C@@H]2CCC[C@H]1CC(CC(=O)c1nn(C)c3ccccc13)C2. The summed E-state index contributed by atoms with van der Waals surface area (Å²) in [6, 6.07) is 9.39. The number of piperidine rings is 2. The second-order valence-electron chi connectivity index (χ2n) is 7.36. The molecule has 3 heterocycles. The van der Waals surface area contributed by atoms with Gasteiger partial charge in [-0.3, -0.25) is 9.48 Å². The molecule has 1 unspecified atom stereocenters. The van der Waals surface area contributed by atoms with Crippen LogP contribution in [0.1, 0.15) is 49.0 Å². The van der Waals surface area contributed by atoms with Crippen LogP contribution in [0.4, 0.5) is 0 Å². The Labute approximate surface area is 137 Å². The zero-order valence-electron chi connectivity index (χ0n) is 14.0. The van der Waals surface area contributed by atoms with Crippen LogP contribution >= 0.6 is 0 Å². The largest absolute Gasteiger partial charge is 0.300 e. The van der Waals surface area contributed by atoms with Crippen molar-refractivity contribution in [1.29, 1.82) is 0 Å². The standard InChI is InChI=1S/C19H25N3O/c1-21-14-6-5-7-15(21)11-13(10-14)12-18(23)19-16-8-3-4-9-17(16)22(2)20-19/h3-4,8-9,13-15H,5-7,10-12H2,1-2H3/t13?,14-,15+. The van der Waals surface area contributed by atoms with Gasteiger partial charge in [-0.25, -0.2) is 0 Å². The number of hydrogen-bond donors (Lipinski definition) is 0. The van der Waals surface area contributed by atoms with Crippen molar-refractivity contribution in [3.63, 3.8) is 0 Å². The van der Waals surface area contributed by atoms with E-state index in [1.165, 1.54) is 32.1 Å². The van der Waals surface area contributed by atoms with Crippen LogP contribution in [0.15, 0.2) is 24.3 Å². The zero-order chi connectivity index (χ0) is 16.0. The first-order valence-corrected chi connectivity index (χ1v) is 8.80. The van der Waals surface area contributed by atoms with E-state index in [0.717, 1.165) is 10.9 Å². The van der Waals surface area contributed by atoms with E-state index in [1.54, 1.807) is 0 Å². The molecule has 0 N–H and O–H groups in total. The number of hydrogen-bond acceptors (Lipinski definition) is 3. The lowest BCUT2D eigenvalue weighted by Gasteiger charge is -2.47. The van der Waals surface area contributed by atoms with Crippen molar-refractivity contribution in [2.45, 2.75) is 50.6 Å². The van der Waals surface area contributed by atoms with E-state index >= 15 is 0 Å². The number of para-hydroxylation sites is 1. The molecule has 2 aliphatic heterocycles. The first-order chi connectivity index (χ1) is 11.1. The van der Waals surface area contributed by atoms with Crippen LogP contribution < -0.4 is 0 Å². The molecule has 2 fully saturated rings. The van der Waals surface area contributed by atoms with Gasteiger partial charge in [0.15, 0.2) is 5.78 Å². The van der Waals surface area contributed by atoms with Crippen LogP contribution in [0.2, 0.25) is 0 Å². The van der Waals surface area contributed by atoms with Gasteiger partial charge in [-0.05, 0) is 44.7 Å². The van der Waals surface area contributed by atoms with Crippen LogP contribution in [0, 0.1) is 5.92 Å². The maximum absolute atomic E-state index is 12.9. The number of aromatic nitrogens is 2. The fraction of sp³-hybridized carbons (Fsp3) is 0.579. The Morgan fingerprint density at radius 2 is 1.87 bits per heavy atom. The van der Waals surface area contributed by atoms with Crippen LogP contribution in [-0.4, -0.2) is 39.6 Å². The summed E-state index contributed by atoms with van der Waals surface area (Å²) in [6.07, 6.45) is 6.94. The molecule has 122 valence electrons. The van der Waals surface area contributed by atoms with Gasteiger partial charge in [0.2, 0.25) is 0 Å². The number of carbonyl (C=O) groups is 1. The molecule has 0 amide bonds. The van der Waals surface area contributed by atoms with E-state index in [2.05, 4.69) is 17.0 Å². The quantitative estimate of drug-likeness (QED) is 0.815. The summed E-state index contributed by atoms with van der Waals surface area (Å²) >= 11 is 0. The number of fused-ring (bicyclic) bond motifs is 3. The van der Waals surface area contributed by atoms with E-state index in [1.807, 2.05) is 36.0 Å². The average molecular weight is 311 g/mol. The third-order valence-corrected chi connectivity index (χ3v) is 5.93. The Hall–Kier alpha value is -1.68. The molecule has 0 radical (unpaired) electrons. The van der Waals surface area contributed by atoms with Gasteiger partial charge in [-0.2, -0.15) is 5.10 Å². The third-order valence-electron chi connectivity index (χ3n) is 5.93. The van der Waals surface area contributed by atoms with E-state index in [0.29, 0.717) is 30.1 Å². The van der Waals surface area contributed by atoms with E-state index in [-0.39, 0.29) is 5.78 Å². The second-order valence-corrected chi connectivity index (χ2v) is 7.36. The fourth-order valence-electron chi connectivity index (χ4n) is 4.67. The molecule has 4 rings (SSSR count). The molecule has 3 atom stereocenters. The Morgan fingerprint density at radius 3 is 2.61 bits per heavy atom. The predicted molar refractivity (Wildman–Crippen MR) is 91.6 cm³/mol. The van der Waals surface area contributed by atoms with Gasteiger partial charge in [0.25, 0.3) is 0 Å². The van der Waals surface area contributed by atoms with Crippen molar-refractivity contribution < 1.29 is 4.79 Å². The second kappa shape index (κ2) is 5.75. The average Bonchev–Trinajstić information content (AvgIpc) is 2.86. The van der Waals surface area contributed by atoms with Gasteiger partial charge >= 0.3 is 0 Å². The minimum atomic E-state index is 0.217. The molecule has 0 saturated carbocycles. The molecule has 4 nitrogen and oxygen atoms in total. The molecular formula is C19H25N3O. The van der Waals surface area contributed by atoms with Crippen LogP contribution in [-0.2, 0) is 7.05 Å². The minimum absolute atomic E-state index is 0.217. The summed E-state index contributed by atoms with van der Waals surface area (Å²) in [5.41, 5.74) is 1.70.